The van der Waals surface area contributed by atoms with E-state index in [0.29, 0.717) is 18.7 Å². The monoisotopic (exact) mass is 277 g/mol. The number of amides is 1. The number of carbonyl (C=O) groups excluding carboxylic acids is 1. The quantitative estimate of drug-likeness (QED) is 0.814. The van der Waals surface area contributed by atoms with Gasteiger partial charge in [-0.15, -0.1) is 0 Å². The zero-order valence-electron chi connectivity index (χ0n) is 11.5. The first-order chi connectivity index (χ1) is 9.52. The van der Waals surface area contributed by atoms with E-state index >= 15 is 0 Å². The fraction of sp³-hybridized carbons (Fsp3) is 0.429. The van der Waals surface area contributed by atoms with Gasteiger partial charge < -0.3 is 15.7 Å². The molecule has 1 amide bonds. The molecule has 1 saturated heterocycles. The van der Waals surface area contributed by atoms with Gasteiger partial charge in [0.25, 0.3) is 0 Å². The number of hydrogen-bond acceptors (Lipinski definition) is 4. The van der Waals surface area contributed by atoms with E-state index in [1.165, 1.54) is 0 Å². The molecule has 2 rings (SSSR count). The van der Waals surface area contributed by atoms with Crippen molar-refractivity contribution in [2.75, 3.05) is 38.1 Å². The molecule has 6 heteroatoms. The first-order valence-electron chi connectivity index (χ1n) is 6.54. The molecule has 0 aromatic heterocycles. The Bertz CT molecular complexity index is 501. The van der Waals surface area contributed by atoms with E-state index in [-0.39, 0.29) is 12.5 Å². The number of nitrogens with two attached hydrogens (primary N) is 1. The fourth-order valence-electron chi connectivity index (χ4n) is 2.33. The topological polar surface area (TPSA) is 86.9 Å². The maximum atomic E-state index is 12.0. The molecule has 0 aliphatic carbocycles. The van der Waals surface area contributed by atoms with Crippen molar-refractivity contribution in [3.8, 4) is 0 Å². The van der Waals surface area contributed by atoms with Crippen LogP contribution in [0.25, 0.3) is 0 Å². The van der Waals surface area contributed by atoms with Crippen LogP contribution in [-0.2, 0) is 9.59 Å². The maximum Gasteiger partial charge on any atom is 0.312 e. The molecule has 1 atom stereocenters. The van der Waals surface area contributed by atoms with Crippen LogP contribution in [0.5, 0.6) is 0 Å². The van der Waals surface area contributed by atoms with Gasteiger partial charge in [-0.1, -0.05) is 12.1 Å². The Kier molecular flexibility index (Phi) is 4.36. The molecule has 1 aliphatic heterocycles. The minimum absolute atomic E-state index is 0.0557. The molecule has 1 aromatic carbocycles. The lowest BCUT2D eigenvalue weighted by Crippen LogP contribution is -2.48. The summed E-state index contributed by atoms with van der Waals surface area (Å²) in [4.78, 5) is 26.7. The van der Waals surface area contributed by atoms with Crippen LogP contribution < -0.4 is 10.6 Å². The van der Waals surface area contributed by atoms with E-state index in [1.807, 2.05) is 11.9 Å². The summed E-state index contributed by atoms with van der Waals surface area (Å²) in [6.07, 6.45) is 0. The molecule has 3 N–H and O–H groups in total. The fourth-order valence-corrected chi connectivity index (χ4v) is 2.33. The predicted octanol–water partition coefficient (Wildman–Crippen LogP) is 0.0919. The van der Waals surface area contributed by atoms with Gasteiger partial charge >= 0.3 is 5.97 Å². The second-order valence-electron chi connectivity index (χ2n) is 5.00. The molecule has 6 nitrogen and oxygen atoms in total. The maximum absolute atomic E-state index is 12.0. The number of carboxylic acids is 1. The summed E-state index contributed by atoms with van der Waals surface area (Å²) in [7, 11) is 1.91. The molecule has 0 bridgehead atoms. The number of anilines is 1. The highest BCUT2D eigenvalue weighted by Gasteiger charge is 2.23. The number of carbonyl (C=O) groups is 2. The number of hydrogen-bond donors (Lipinski definition) is 2. The van der Waals surface area contributed by atoms with Crippen LogP contribution in [0.15, 0.2) is 24.3 Å². The Morgan fingerprint density at radius 3 is 2.50 bits per heavy atom. The van der Waals surface area contributed by atoms with E-state index in [1.54, 1.807) is 29.2 Å². The van der Waals surface area contributed by atoms with Gasteiger partial charge in [-0.25, -0.2) is 0 Å². The van der Waals surface area contributed by atoms with Crippen molar-refractivity contribution in [1.29, 1.82) is 0 Å². The zero-order valence-corrected chi connectivity index (χ0v) is 11.5. The molecule has 1 heterocycles. The molecule has 1 aliphatic rings. The van der Waals surface area contributed by atoms with E-state index in [4.69, 9.17) is 10.8 Å². The minimum atomic E-state index is -0.934. The summed E-state index contributed by atoms with van der Waals surface area (Å²) in [5, 5.41) is 9.07. The lowest BCUT2D eigenvalue weighted by Gasteiger charge is -2.32. The Balaban J connectivity index is 2.16. The molecule has 0 spiro atoms. The summed E-state index contributed by atoms with van der Waals surface area (Å²) in [6, 6.07) is 7.02. The Morgan fingerprint density at radius 1 is 1.35 bits per heavy atom. The summed E-state index contributed by atoms with van der Waals surface area (Å²) in [6.45, 7) is 1.94. The number of rotatable bonds is 4. The molecule has 1 unspecified atom stereocenters. The first kappa shape index (κ1) is 14.5. The van der Waals surface area contributed by atoms with Crippen molar-refractivity contribution in [3.05, 3.63) is 29.8 Å². The third-order valence-electron chi connectivity index (χ3n) is 3.55. The second kappa shape index (κ2) is 6.02. The zero-order chi connectivity index (χ0) is 14.7. The number of nitrogens with zero attached hydrogens (tertiary/aromatic N) is 2. The molecule has 0 saturated carbocycles. The van der Waals surface area contributed by atoms with E-state index in [2.05, 4.69) is 0 Å². The van der Waals surface area contributed by atoms with Crippen LogP contribution in [-0.4, -0.2) is 55.1 Å². The molecule has 108 valence electrons. The number of benzene rings is 1. The van der Waals surface area contributed by atoms with Crippen LogP contribution >= 0.6 is 0 Å². The first-order valence-corrected chi connectivity index (χ1v) is 6.54. The SMILES string of the molecule is CN1CCN(c2ccc(C(CN)C(=O)O)cc2)C(=O)C1. The predicted molar refractivity (Wildman–Crippen MR) is 75.7 cm³/mol. The van der Waals surface area contributed by atoms with Crippen LogP contribution in [0.1, 0.15) is 11.5 Å². The van der Waals surface area contributed by atoms with Gasteiger partial charge in [0.2, 0.25) is 5.91 Å². The van der Waals surface area contributed by atoms with Gasteiger partial charge in [0.1, 0.15) is 0 Å². The van der Waals surface area contributed by atoms with Crippen molar-refractivity contribution in [3.63, 3.8) is 0 Å². The van der Waals surface area contributed by atoms with Gasteiger partial charge in [0.15, 0.2) is 0 Å². The van der Waals surface area contributed by atoms with E-state index in [9.17, 15) is 9.59 Å². The van der Waals surface area contributed by atoms with Crippen molar-refractivity contribution >= 4 is 17.6 Å². The van der Waals surface area contributed by atoms with Crippen LogP contribution in [0.3, 0.4) is 0 Å². The van der Waals surface area contributed by atoms with Gasteiger partial charge in [-0.3, -0.25) is 14.5 Å². The number of piperazine rings is 1. The van der Waals surface area contributed by atoms with Crippen LogP contribution in [0, 0.1) is 0 Å². The Labute approximate surface area is 117 Å². The van der Waals surface area contributed by atoms with E-state index in [0.717, 1.165) is 12.2 Å². The number of carboxylic acid groups (broad SMARTS) is 1. The smallest absolute Gasteiger partial charge is 0.312 e. The van der Waals surface area contributed by atoms with Crippen molar-refractivity contribution in [1.82, 2.24) is 4.90 Å². The second-order valence-corrected chi connectivity index (χ2v) is 5.00. The normalized spacial score (nSPS) is 18.1. The van der Waals surface area contributed by atoms with Crippen molar-refractivity contribution < 1.29 is 14.7 Å². The van der Waals surface area contributed by atoms with Gasteiger partial charge in [0.05, 0.1) is 12.5 Å². The average molecular weight is 277 g/mol. The van der Waals surface area contributed by atoms with Gasteiger partial charge in [0, 0.05) is 25.3 Å². The Hall–Kier alpha value is -1.92. The molecular formula is C14H19N3O3. The third-order valence-corrected chi connectivity index (χ3v) is 3.55. The van der Waals surface area contributed by atoms with Crippen molar-refractivity contribution in [2.45, 2.75) is 5.92 Å². The highest BCUT2D eigenvalue weighted by atomic mass is 16.4. The lowest BCUT2D eigenvalue weighted by molar-refractivity contribution is -0.138. The standard InChI is InChI=1S/C14H19N3O3/c1-16-6-7-17(13(18)9-16)11-4-2-10(3-5-11)12(8-15)14(19)20/h2-5,12H,6-9,15H2,1H3,(H,19,20). The summed E-state index contributed by atoms with van der Waals surface area (Å²) < 4.78 is 0. The molecule has 0 radical (unpaired) electrons. The average Bonchev–Trinajstić information content (AvgIpc) is 2.40. The molecule has 1 fully saturated rings. The van der Waals surface area contributed by atoms with Crippen LogP contribution in [0.4, 0.5) is 5.69 Å². The van der Waals surface area contributed by atoms with Crippen molar-refractivity contribution in [2.24, 2.45) is 5.73 Å². The summed E-state index contributed by atoms with van der Waals surface area (Å²) in [5.74, 6) is -1.58. The molecular weight excluding hydrogens is 258 g/mol. The van der Waals surface area contributed by atoms with Gasteiger partial charge in [-0.2, -0.15) is 0 Å². The molecule has 1 aromatic rings. The Morgan fingerprint density at radius 2 is 2.00 bits per heavy atom. The summed E-state index contributed by atoms with van der Waals surface area (Å²) >= 11 is 0. The highest BCUT2D eigenvalue weighted by Crippen LogP contribution is 2.21. The van der Waals surface area contributed by atoms with Gasteiger partial charge in [-0.05, 0) is 24.7 Å². The van der Waals surface area contributed by atoms with Crippen LogP contribution in [0.2, 0.25) is 0 Å². The number of likely N-dealkylation sites (N-methyl/N-ethyl adjacent to an activating group) is 1. The minimum Gasteiger partial charge on any atom is -0.481 e. The largest absolute Gasteiger partial charge is 0.481 e. The number of aliphatic carboxylic acids is 1. The lowest BCUT2D eigenvalue weighted by atomic mass is 9.99. The summed E-state index contributed by atoms with van der Waals surface area (Å²) in [5.41, 5.74) is 6.93. The highest BCUT2D eigenvalue weighted by molar-refractivity contribution is 5.95. The molecule has 20 heavy (non-hydrogen) atoms. The third kappa shape index (κ3) is 2.97. The van der Waals surface area contributed by atoms with E-state index < -0.39 is 11.9 Å².